The van der Waals surface area contributed by atoms with Gasteiger partial charge in [-0.25, -0.2) is 13.2 Å². The van der Waals surface area contributed by atoms with Crippen LogP contribution in [-0.2, 0) is 14.6 Å². The molecule has 0 radical (unpaired) electrons. The number of urea groups is 1. The van der Waals surface area contributed by atoms with Crippen molar-refractivity contribution in [3.8, 4) is 0 Å². The van der Waals surface area contributed by atoms with Crippen LogP contribution in [0.1, 0.15) is 23.6 Å². The number of aryl methyl sites for hydroxylation is 1. The Kier molecular flexibility index (Phi) is 3.83. The van der Waals surface area contributed by atoms with Gasteiger partial charge < -0.3 is 10.2 Å². The molecule has 1 aromatic carbocycles. The fourth-order valence-electron chi connectivity index (χ4n) is 3.91. The average molecular weight is 375 g/mol. The number of hydrogen-bond acceptors (Lipinski definition) is 4. The predicted molar refractivity (Wildman–Crippen MR) is 96.0 cm³/mol. The molecular weight excluding hydrogens is 354 g/mol. The van der Waals surface area contributed by atoms with Crippen LogP contribution < -0.4 is 5.32 Å². The highest BCUT2D eigenvalue weighted by atomic mass is 32.2. The van der Waals surface area contributed by atoms with Crippen molar-refractivity contribution in [1.29, 1.82) is 0 Å². The summed E-state index contributed by atoms with van der Waals surface area (Å²) >= 11 is 0. The number of likely N-dealkylation sites (N-methyl/N-ethyl adjacent to an activating group) is 1. The maximum absolute atomic E-state index is 13.1. The summed E-state index contributed by atoms with van der Waals surface area (Å²) in [5.41, 5.74) is 3.14. The van der Waals surface area contributed by atoms with Crippen molar-refractivity contribution in [2.24, 2.45) is 0 Å². The lowest BCUT2D eigenvalue weighted by atomic mass is 9.95. The third-order valence-corrected chi connectivity index (χ3v) is 7.20. The summed E-state index contributed by atoms with van der Waals surface area (Å²) in [6.45, 7) is 2.26. The Labute approximate surface area is 152 Å². The predicted octanol–water partition coefficient (Wildman–Crippen LogP) is 0.975. The lowest BCUT2D eigenvalue weighted by molar-refractivity contribution is -0.127. The maximum Gasteiger partial charge on any atom is 0.322 e. The van der Waals surface area contributed by atoms with E-state index in [-0.39, 0.29) is 36.0 Å². The van der Waals surface area contributed by atoms with E-state index in [0.717, 1.165) is 11.1 Å². The summed E-state index contributed by atoms with van der Waals surface area (Å²) in [5, 5.41) is 2.89. The summed E-state index contributed by atoms with van der Waals surface area (Å²) in [6, 6.07) is 6.62. The standard InChI is InChI=1S/C18H21N3O4S/c1-11-3-5-12(6-4-11)16-15-14(20(2)18(23)19-16)9-21(17(15)22)13-7-8-26(24,25)10-13/h3-6,13,16H,7-10H2,1-2H3,(H,19,23)/t13-,16+/m1/s1. The average Bonchev–Trinajstić information content (AvgIpc) is 3.12. The number of rotatable bonds is 2. The Balaban J connectivity index is 1.70. The van der Waals surface area contributed by atoms with E-state index in [9.17, 15) is 18.0 Å². The zero-order chi connectivity index (χ0) is 18.6. The van der Waals surface area contributed by atoms with Crippen LogP contribution in [0.25, 0.3) is 0 Å². The van der Waals surface area contributed by atoms with Crippen molar-refractivity contribution < 1.29 is 18.0 Å². The topological polar surface area (TPSA) is 86.8 Å². The Bertz CT molecular complexity index is 920. The molecule has 138 valence electrons. The smallest absolute Gasteiger partial charge is 0.322 e. The lowest BCUT2D eigenvalue weighted by Crippen LogP contribution is -2.45. The highest BCUT2D eigenvalue weighted by Gasteiger charge is 2.46. The van der Waals surface area contributed by atoms with Crippen LogP contribution >= 0.6 is 0 Å². The van der Waals surface area contributed by atoms with Crippen molar-refractivity contribution >= 4 is 21.8 Å². The molecule has 1 fully saturated rings. The first kappa shape index (κ1) is 17.1. The molecule has 3 heterocycles. The zero-order valence-electron chi connectivity index (χ0n) is 14.7. The third kappa shape index (κ3) is 2.68. The second-order valence-corrected chi connectivity index (χ2v) is 9.43. The first-order valence-corrected chi connectivity index (χ1v) is 10.4. The summed E-state index contributed by atoms with van der Waals surface area (Å²) < 4.78 is 23.6. The first-order chi connectivity index (χ1) is 12.3. The molecular formula is C18H21N3O4S. The van der Waals surface area contributed by atoms with Gasteiger partial charge in [-0.15, -0.1) is 0 Å². The van der Waals surface area contributed by atoms with E-state index in [4.69, 9.17) is 0 Å². The molecule has 26 heavy (non-hydrogen) atoms. The molecule has 0 saturated carbocycles. The minimum atomic E-state index is -3.09. The molecule has 8 heteroatoms. The normalized spacial score (nSPS) is 27.8. The van der Waals surface area contributed by atoms with Gasteiger partial charge in [-0.1, -0.05) is 29.8 Å². The van der Waals surface area contributed by atoms with Gasteiger partial charge >= 0.3 is 6.03 Å². The monoisotopic (exact) mass is 375 g/mol. The summed E-state index contributed by atoms with van der Waals surface area (Å²) in [7, 11) is -1.46. The van der Waals surface area contributed by atoms with Crippen LogP contribution in [0.3, 0.4) is 0 Å². The van der Waals surface area contributed by atoms with Crippen LogP contribution in [0.15, 0.2) is 35.5 Å². The van der Waals surface area contributed by atoms with Gasteiger partial charge in [0, 0.05) is 13.1 Å². The highest BCUT2D eigenvalue weighted by Crippen LogP contribution is 2.37. The van der Waals surface area contributed by atoms with E-state index in [1.807, 2.05) is 31.2 Å². The minimum Gasteiger partial charge on any atom is -0.329 e. The fourth-order valence-corrected chi connectivity index (χ4v) is 5.64. The van der Waals surface area contributed by atoms with Gasteiger partial charge in [0.2, 0.25) is 0 Å². The number of benzene rings is 1. The number of sulfone groups is 1. The van der Waals surface area contributed by atoms with Gasteiger partial charge in [0.15, 0.2) is 9.84 Å². The molecule has 0 spiro atoms. The molecule has 1 aromatic rings. The van der Waals surface area contributed by atoms with Crippen LogP contribution in [0.5, 0.6) is 0 Å². The Hall–Kier alpha value is -2.35. The molecule has 1 saturated heterocycles. The van der Waals surface area contributed by atoms with Crippen LogP contribution in [0.2, 0.25) is 0 Å². The fraction of sp³-hybridized carbons (Fsp3) is 0.444. The van der Waals surface area contributed by atoms with Crippen LogP contribution in [0.4, 0.5) is 4.79 Å². The molecule has 0 unspecified atom stereocenters. The van der Waals surface area contributed by atoms with Gasteiger partial charge in [-0.05, 0) is 18.9 Å². The van der Waals surface area contributed by atoms with Gasteiger partial charge in [0.1, 0.15) is 0 Å². The molecule has 4 rings (SSSR count). The Morgan fingerprint density at radius 3 is 2.46 bits per heavy atom. The van der Waals surface area contributed by atoms with Gasteiger partial charge in [-0.3, -0.25) is 9.69 Å². The molecule has 3 aliphatic rings. The van der Waals surface area contributed by atoms with Crippen molar-refractivity contribution in [3.05, 3.63) is 46.7 Å². The summed E-state index contributed by atoms with van der Waals surface area (Å²) in [5.74, 6) is -0.0698. The molecule has 7 nitrogen and oxygen atoms in total. The number of nitrogens with zero attached hydrogens (tertiary/aromatic N) is 2. The number of nitrogens with one attached hydrogen (secondary N) is 1. The molecule has 2 atom stereocenters. The number of carbonyl (C=O) groups is 2. The highest BCUT2D eigenvalue weighted by molar-refractivity contribution is 7.91. The molecule has 3 amide bonds. The van der Waals surface area contributed by atoms with E-state index in [2.05, 4.69) is 5.32 Å². The summed E-state index contributed by atoms with van der Waals surface area (Å²) in [6.07, 6.45) is 0.453. The molecule has 0 bridgehead atoms. The van der Waals surface area contributed by atoms with Gasteiger partial charge in [-0.2, -0.15) is 0 Å². The number of hydrogen-bond donors (Lipinski definition) is 1. The van der Waals surface area contributed by atoms with E-state index < -0.39 is 15.9 Å². The molecule has 3 aliphatic heterocycles. The SMILES string of the molecule is Cc1ccc([C@@H]2NC(=O)N(C)C3=C2C(=O)N([C@@H]2CCS(=O)(=O)C2)C3)cc1. The van der Waals surface area contributed by atoms with Crippen LogP contribution in [-0.4, -0.2) is 61.3 Å². The second kappa shape index (κ2) is 5.84. The van der Waals surface area contributed by atoms with Crippen molar-refractivity contribution in [1.82, 2.24) is 15.1 Å². The van der Waals surface area contributed by atoms with E-state index in [1.54, 1.807) is 11.9 Å². The maximum atomic E-state index is 13.1. The molecule has 0 aromatic heterocycles. The van der Waals surface area contributed by atoms with Crippen molar-refractivity contribution in [2.45, 2.75) is 25.4 Å². The quantitative estimate of drug-likeness (QED) is 0.835. The number of carbonyl (C=O) groups excluding carboxylic acids is 2. The second-order valence-electron chi connectivity index (χ2n) is 7.20. The van der Waals surface area contributed by atoms with Crippen LogP contribution in [0, 0.1) is 6.92 Å². The zero-order valence-corrected chi connectivity index (χ0v) is 15.5. The Morgan fingerprint density at radius 2 is 1.85 bits per heavy atom. The third-order valence-electron chi connectivity index (χ3n) is 5.45. The summed E-state index contributed by atoms with van der Waals surface area (Å²) in [4.78, 5) is 28.6. The number of amides is 3. The first-order valence-electron chi connectivity index (χ1n) is 8.62. The van der Waals surface area contributed by atoms with E-state index in [0.29, 0.717) is 17.7 Å². The van der Waals surface area contributed by atoms with Gasteiger partial charge in [0.05, 0.1) is 35.4 Å². The van der Waals surface area contributed by atoms with E-state index >= 15 is 0 Å². The van der Waals surface area contributed by atoms with Crippen molar-refractivity contribution in [3.63, 3.8) is 0 Å². The van der Waals surface area contributed by atoms with E-state index in [1.165, 1.54) is 4.90 Å². The Morgan fingerprint density at radius 1 is 1.15 bits per heavy atom. The lowest BCUT2D eigenvalue weighted by Gasteiger charge is -2.31. The van der Waals surface area contributed by atoms with Gasteiger partial charge in [0.25, 0.3) is 5.91 Å². The molecule has 1 N–H and O–H groups in total. The van der Waals surface area contributed by atoms with Crippen molar-refractivity contribution in [2.75, 3.05) is 25.1 Å². The largest absolute Gasteiger partial charge is 0.329 e. The molecule has 0 aliphatic carbocycles. The minimum absolute atomic E-state index is 0.000409.